The predicted octanol–water partition coefficient (Wildman–Crippen LogP) is 5.66. The maximum Gasteiger partial charge on any atom is 0.331 e. The van der Waals surface area contributed by atoms with Crippen LogP contribution < -0.4 is 11.0 Å². The molecule has 1 fully saturated rings. The molecule has 35 heavy (non-hydrogen) atoms. The molecule has 182 valence electrons. The fourth-order valence-electron chi connectivity index (χ4n) is 5.85. The lowest BCUT2D eigenvalue weighted by Crippen LogP contribution is -2.33. The lowest BCUT2D eigenvalue weighted by molar-refractivity contribution is 0.539. The fourth-order valence-corrected chi connectivity index (χ4v) is 5.85. The van der Waals surface area contributed by atoms with Crippen molar-refractivity contribution in [2.24, 2.45) is 0 Å². The number of rotatable bonds is 6. The molecular formula is C28H32ClN5O. The smallest absolute Gasteiger partial charge is 0.331 e. The van der Waals surface area contributed by atoms with Crippen LogP contribution in [0.3, 0.4) is 0 Å². The van der Waals surface area contributed by atoms with Gasteiger partial charge < -0.3 is 5.32 Å². The van der Waals surface area contributed by atoms with E-state index in [1.807, 2.05) is 21.3 Å². The zero-order valence-corrected chi connectivity index (χ0v) is 20.9. The van der Waals surface area contributed by atoms with Crippen molar-refractivity contribution in [1.82, 2.24) is 19.1 Å². The van der Waals surface area contributed by atoms with Gasteiger partial charge in [-0.25, -0.2) is 14.8 Å². The number of imidazole rings is 1. The molecular weight excluding hydrogens is 458 g/mol. The highest BCUT2D eigenvalue weighted by Gasteiger charge is 2.37. The number of nitrogens with one attached hydrogen (secondary N) is 1. The van der Waals surface area contributed by atoms with Crippen molar-refractivity contribution in [3.05, 3.63) is 88.1 Å². The van der Waals surface area contributed by atoms with Gasteiger partial charge in [0.05, 0.1) is 12.6 Å². The molecule has 6 nitrogen and oxygen atoms in total. The summed E-state index contributed by atoms with van der Waals surface area (Å²) in [5.41, 5.74) is 3.34. The molecule has 3 aliphatic heterocycles. The zero-order valence-electron chi connectivity index (χ0n) is 20.1. The highest BCUT2D eigenvalue weighted by atomic mass is 35.5. The zero-order chi connectivity index (χ0) is 23.1. The molecule has 0 amide bonds. The van der Waals surface area contributed by atoms with Crippen LogP contribution in [0.1, 0.15) is 67.8 Å². The minimum Gasteiger partial charge on any atom is -0.364 e. The Morgan fingerprint density at radius 3 is 2.20 bits per heavy atom. The summed E-state index contributed by atoms with van der Waals surface area (Å²) in [6.07, 6.45) is 5.64. The Kier molecular flexibility index (Phi) is 6.65. The minimum absolute atomic E-state index is 0. The molecule has 6 rings (SSSR count). The van der Waals surface area contributed by atoms with E-state index in [0.717, 1.165) is 42.4 Å². The van der Waals surface area contributed by atoms with Crippen molar-refractivity contribution in [2.75, 3.05) is 5.32 Å². The molecule has 4 aliphatic rings. The van der Waals surface area contributed by atoms with Crippen LogP contribution in [0.5, 0.6) is 0 Å². The van der Waals surface area contributed by atoms with Gasteiger partial charge in [-0.3, -0.25) is 9.13 Å². The van der Waals surface area contributed by atoms with Crippen molar-refractivity contribution in [3.63, 3.8) is 0 Å². The third-order valence-electron chi connectivity index (χ3n) is 7.46. The second-order valence-electron chi connectivity index (χ2n) is 9.68. The van der Waals surface area contributed by atoms with Crippen LogP contribution in [0.25, 0.3) is 11.5 Å². The summed E-state index contributed by atoms with van der Waals surface area (Å²) in [5, 5.41) is 3.74. The number of aromatic nitrogens is 4. The second-order valence-corrected chi connectivity index (χ2v) is 9.68. The number of anilines is 1. The van der Waals surface area contributed by atoms with E-state index in [0.29, 0.717) is 19.0 Å². The summed E-state index contributed by atoms with van der Waals surface area (Å²) in [6.45, 7) is 3.37. The molecule has 0 bridgehead atoms. The topological polar surface area (TPSA) is 64.7 Å². The Balaban J connectivity index is 0.00000253. The first kappa shape index (κ1) is 23.6. The molecule has 1 unspecified atom stereocenters. The van der Waals surface area contributed by atoms with Gasteiger partial charge in [-0.15, -0.1) is 12.4 Å². The molecule has 3 heterocycles. The molecule has 0 aromatic heterocycles. The summed E-state index contributed by atoms with van der Waals surface area (Å²) >= 11 is 0. The Labute approximate surface area is 212 Å². The molecule has 1 aliphatic carbocycles. The summed E-state index contributed by atoms with van der Waals surface area (Å²) in [4.78, 5) is 23.6. The van der Waals surface area contributed by atoms with Gasteiger partial charge in [-0.1, -0.05) is 80.4 Å². The van der Waals surface area contributed by atoms with Gasteiger partial charge >= 0.3 is 5.69 Å². The Bertz CT molecular complexity index is 1270. The van der Waals surface area contributed by atoms with Crippen LogP contribution in [0.4, 0.5) is 5.82 Å². The Morgan fingerprint density at radius 2 is 1.60 bits per heavy atom. The average Bonchev–Trinajstić information content (AvgIpc) is 3.63. The van der Waals surface area contributed by atoms with Gasteiger partial charge in [-0.2, -0.15) is 0 Å². The van der Waals surface area contributed by atoms with Gasteiger partial charge in [0.15, 0.2) is 5.82 Å². The van der Waals surface area contributed by atoms with Crippen molar-refractivity contribution in [2.45, 2.75) is 70.0 Å². The van der Waals surface area contributed by atoms with E-state index in [1.54, 1.807) is 0 Å². The van der Waals surface area contributed by atoms with Crippen molar-refractivity contribution in [1.29, 1.82) is 0 Å². The number of hydrogen-bond donors (Lipinski definition) is 1. The van der Waals surface area contributed by atoms with E-state index < -0.39 is 0 Å². The minimum atomic E-state index is 0. The van der Waals surface area contributed by atoms with Crippen LogP contribution in [0, 0.1) is 0 Å². The van der Waals surface area contributed by atoms with Crippen LogP contribution >= 0.6 is 12.4 Å². The first-order chi connectivity index (χ1) is 16.7. The first-order valence-electron chi connectivity index (χ1n) is 12.6. The van der Waals surface area contributed by atoms with E-state index in [-0.39, 0.29) is 30.1 Å². The highest BCUT2D eigenvalue weighted by Crippen LogP contribution is 2.40. The molecule has 1 N–H and O–H groups in total. The van der Waals surface area contributed by atoms with Crippen LogP contribution in [-0.4, -0.2) is 25.1 Å². The third-order valence-corrected chi connectivity index (χ3v) is 7.46. The molecule has 7 heteroatoms. The van der Waals surface area contributed by atoms with Gasteiger partial charge in [0.1, 0.15) is 17.3 Å². The third kappa shape index (κ3) is 4.14. The molecule has 0 radical (unpaired) electrons. The number of hydrogen-bond acceptors (Lipinski definition) is 4. The Morgan fingerprint density at radius 1 is 0.971 bits per heavy atom. The predicted molar refractivity (Wildman–Crippen MR) is 142 cm³/mol. The van der Waals surface area contributed by atoms with Crippen LogP contribution in [0.15, 0.2) is 65.5 Å². The summed E-state index contributed by atoms with van der Waals surface area (Å²) in [7, 11) is 0. The maximum atomic E-state index is 13.7. The standard InChI is InChI=1S/C28H31N5O.ClH/c1-2-17-32-27-24(30-25(31-27)21-15-9-10-16-21)26-29-22(18-33(26)28(32)34)23(19-11-5-3-6-12-19)20-13-7-4-8-14-20;/h3-8,11-14,21-23,29H,2,9-10,15-18H2,1H3;1H. The normalized spacial score (nSPS) is 17.5. The van der Waals surface area contributed by atoms with Crippen LogP contribution in [-0.2, 0) is 13.1 Å². The maximum absolute atomic E-state index is 13.7. The molecule has 2 aromatic carbocycles. The fraction of sp³-hybridized carbons (Fsp3) is 0.393. The average molecular weight is 490 g/mol. The lowest BCUT2D eigenvalue weighted by atomic mass is 9.85. The summed E-state index contributed by atoms with van der Waals surface area (Å²) in [6, 6.07) is 21.2. The van der Waals surface area contributed by atoms with Gasteiger partial charge in [0, 0.05) is 18.4 Å². The SMILES string of the molecule is CCCn1c2nc(C3CCCC3)nc-2c2n(c1=O)CC(C(c1ccccc1)c1ccccc1)N2.Cl. The van der Waals surface area contributed by atoms with Crippen LogP contribution in [0.2, 0.25) is 0 Å². The Hall–Kier alpha value is -3.12. The molecule has 2 aromatic rings. The van der Waals surface area contributed by atoms with Gasteiger partial charge in [0.2, 0.25) is 0 Å². The number of benzene rings is 2. The number of fused-ring (bicyclic) bond motifs is 3. The van der Waals surface area contributed by atoms with Crippen molar-refractivity contribution in [3.8, 4) is 11.5 Å². The van der Waals surface area contributed by atoms with E-state index in [4.69, 9.17) is 9.97 Å². The van der Waals surface area contributed by atoms with E-state index >= 15 is 0 Å². The highest BCUT2D eigenvalue weighted by molar-refractivity contribution is 5.85. The summed E-state index contributed by atoms with van der Waals surface area (Å²) < 4.78 is 3.74. The molecule has 1 atom stereocenters. The molecule has 0 spiro atoms. The van der Waals surface area contributed by atoms with Crippen molar-refractivity contribution < 1.29 is 0 Å². The first-order valence-corrected chi connectivity index (χ1v) is 12.6. The number of nitrogens with zero attached hydrogens (tertiary/aromatic N) is 4. The lowest BCUT2D eigenvalue weighted by Gasteiger charge is -2.24. The van der Waals surface area contributed by atoms with E-state index in [9.17, 15) is 4.79 Å². The van der Waals surface area contributed by atoms with Gasteiger partial charge in [-0.05, 0) is 30.4 Å². The monoisotopic (exact) mass is 489 g/mol. The molecule has 1 saturated carbocycles. The largest absolute Gasteiger partial charge is 0.364 e. The van der Waals surface area contributed by atoms with E-state index in [1.165, 1.54) is 24.0 Å². The summed E-state index contributed by atoms with van der Waals surface area (Å²) in [5.74, 6) is 3.01. The quantitative estimate of drug-likeness (QED) is 0.379. The number of halogens is 1. The molecule has 0 saturated heterocycles. The van der Waals surface area contributed by atoms with E-state index in [2.05, 4.69) is 60.8 Å². The second kappa shape index (κ2) is 9.86. The van der Waals surface area contributed by atoms with Crippen molar-refractivity contribution >= 4 is 18.2 Å². The van der Waals surface area contributed by atoms with Gasteiger partial charge in [0.25, 0.3) is 0 Å².